The first-order valence-corrected chi connectivity index (χ1v) is 7.22. The quantitative estimate of drug-likeness (QED) is 0.860. The summed E-state index contributed by atoms with van der Waals surface area (Å²) in [5.74, 6) is 0.0436. The van der Waals surface area contributed by atoms with E-state index in [0.717, 1.165) is 18.6 Å². The number of rotatable bonds is 6. The Morgan fingerprint density at radius 3 is 2.90 bits per heavy atom. The molecule has 4 nitrogen and oxygen atoms in total. The molecule has 2 N–H and O–H groups in total. The number of carbonyl (C=O) groups excluding carboxylic acids is 1. The molecular weight excluding hydrogens is 274 g/mol. The maximum absolute atomic E-state index is 11.4. The fourth-order valence-electron chi connectivity index (χ4n) is 2.27. The van der Waals surface area contributed by atoms with Gasteiger partial charge in [-0.25, -0.2) is 0 Å². The average molecular weight is 294 g/mol. The van der Waals surface area contributed by atoms with Gasteiger partial charge in [0.15, 0.2) is 0 Å². The Hall–Kier alpha value is -1.52. The van der Waals surface area contributed by atoms with Crippen LogP contribution in [-0.4, -0.2) is 24.1 Å². The molecular formula is C15H20ClN3O. The number of fused-ring (bicyclic) bond motifs is 1. The molecule has 0 spiro atoms. The van der Waals surface area contributed by atoms with Crippen LogP contribution in [0.3, 0.4) is 0 Å². The van der Waals surface area contributed by atoms with Gasteiger partial charge in [-0.15, -0.1) is 0 Å². The zero-order chi connectivity index (χ0) is 14.5. The molecule has 0 fully saturated rings. The van der Waals surface area contributed by atoms with Gasteiger partial charge in [0.1, 0.15) is 0 Å². The van der Waals surface area contributed by atoms with Gasteiger partial charge in [-0.05, 0) is 24.2 Å². The van der Waals surface area contributed by atoms with Crippen LogP contribution in [0.2, 0.25) is 5.02 Å². The SMILES string of the molecule is CCNCc1cn(CCC(=O)NC)c2cc(Cl)ccc12. The smallest absolute Gasteiger partial charge is 0.221 e. The van der Waals surface area contributed by atoms with Gasteiger partial charge in [-0.1, -0.05) is 24.6 Å². The summed E-state index contributed by atoms with van der Waals surface area (Å²) < 4.78 is 2.10. The minimum atomic E-state index is 0.0436. The van der Waals surface area contributed by atoms with E-state index in [2.05, 4.69) is 28.3 Å². The van der Waals surface area contributed by atoms with E-state index in [1.165, 1.54) is 10.9 Å². The van der Waals surface area contributed by atoms with E-state index in [9.17, 15) is 4.79 Å². The standard InChI is InChI=1S/C15H20ClN3O/c1-3-18-9-11-10-19(7-6-15(20)17-2)14-8-12(16)4-5-13(11)14/h4-5,8,10,18H,3,6-7,9H2,1-2H3,(H,17,20). The number of carbonyl (C=O) groups is 1. The second-order valence-corrected chi connectivity index (χ2v) is 5.15. The number of nitrogens with zero attached hydrogens (tertiary/aromatic N) is 1. The first-order valence-electron chi connectivity index (χ1n) is 6.84. The lowest BCUT2D eigenvalue weighted by atomic mass is 10.2. The lowest BCUT2D eigenvalue weighted by Crippen LogP contribution is -2.19. The van der Waals surface area contributed by atoms with Gasteiger partial charge >= 0.3 is 0 Å². The highest BCUT2D eigenvalue weighted by molar-refractivity contribution is 6.31. The molecule has 0 aliphatic carbocycles. The van der Waals surface area contributed by atoms with Crippen molar-refractivity contribution in [1.29, 1.82) is 0 Å². The molecule has 2 aromatic rings. The second-order valence-electron chi connectivity index (χ2n) is 4.71. The minimum Gasteiger partial charge on any atom is -0.359 e. The number of hydrogen-bond acceptors (Lipinski definition) is 2. The molecule has 0 unspecified atom stereocenters. The predicted octanol–water partition coefficient (Wildman–Crippen LogP) is 2.54. The van der Waals surface area contributed by atoms with Crippen LogP contribution >= 0.6 is 11.6 Å². The number of amides is 1. The summed E-state index contributed by atoms with van der Waals surface area (Å²) in [6, 6.07) is 5.90. The van der Waals surface area contributed by atoms with Gasteiger partial charge in [0.25, 0.3) is 0 Å². The van der Waals surface area contributed by atoms with Crippen LogP contribution < -0.4 is 10.6 Å². The van der Waals surface area contributed by atoms with Gasteiger partial charge in [-0.3, -0.25) is 4.79 Å². The van der Waals surface area contributed by atoms with Crippen molar-refractivity contribution in [2.75, 3.05) is 13.6 Å². The molecule has 1 aromatic heterocycles. The number of hydrogen-bond donors (Lipinski definition) is 2. The molecule has 20 heavy (non-hydrogen) atoms. The Labute approximate surface area is 124 Å². The number of nitrogens with one attached hydrogen (secondary N) is 2. The first kappa shape index (κ1) is 14.9. The molecule has 1 heterocycles. The maximum Gasteiger partial charge on any atom is 0.221 e. The van der Waals surface area contributed by atoms with Gasteiger partial charge in [0.2, 0.25) is 5.91 Å². The Balaban J connectivity index is 2.32. The topological polar surface area (TPSA) is 46.1 Å². The van der Waals surface area contributed by atoms with Crippen molar-refractivity contribution >= 4 is 28.4 Å². The number of aromatic nitrogens is 1. The third kappa shape index (κ3) is 3.32. The summed E-state index contributed by atoms with van der Waals surface area (Å²) in [7, 11) is 1.66. The molecule has 1 aromatic carbocycles. The molecule has 0 bridgehead atoms. The normalized spacial score (nSPS) is 10.9. The Bertz CT molecular complexity index is 606. The molecule has 2 rings (SSSR count). The maximum atomic E-state index is 11.4. The fourth-order valence-corrected chi connectivity index (χ4v) is 2.44. The monoisotopic (exact) mass is 293 g/mol. The summed E-state index contributed by atoms with van der Waals surface area (Å²) in [5.41, 5.74) is 2.31. The Morgan fingerprint density at radius 2 is 2.20 bits per heavy atom. The average Bonchev–Trinajstić information content (AvgIpc) is 2.79. The van der Waals surface area contributed by atoms with E-state index >= 15 is 0 Å². The van der Waals surface area contributed by atoms with Crippen LogP contribution in [-0.2, 0) is 17.9 Å². The molecule has 108 valence electrons. The number of aryl methyl sites for hydroxylation is 1. The predicted molar refractivity (Wildman–Crippen MR) is 83.0 cm³/mol. The van der Waals surface area contributed by atoms with Crippen molar-refractivity contribution < 1.29 is 4.79 Å². The third-order valence-corrected chi connectivity index (χ3v) is 3.59. The minimum absolute atomic E-state index is 0.0436. The molecule has 0 aliphatic heterocycles. The van der Waals surface area contributed by atoms with E-state index in [1.54, 1.807) is 7.05 Å². The van der Waals surface area contributed by atoms with E-state index in [-0.39, 0.29) is 5.91 Å². The largest absolute Gasteiger partial charge is 0.359 e. The molecule has 0 saturated carbocycles. The van der Waals surface area contributed by atoms with Crippen molar-refractivity contribution in [3.63, 3.8) is 0 Å². The van der Waals surface area contributed by atoms with Crippen molar-refractivity contribution in [2.45, 2.75) is 26.4 Å². The van der Waals surface area contributed by atoms with Gasteiger partial charge < -0.3 is 15.2 Å². The van der Waals surface area contributed by atoms with Crippen LogP contribution in [0, 0.1) is 0 Å². The van der Waals surface area contributed by atoms with Crippen molar-refractivity contribution in [1.82, 2.24) is 15.2 Å². The lowest BCUT2D eigenvalue weighted by molar-refractivity contribution is -0.120. The van der Waals surface area contributed by atoms with Crippen LogP contribution in [0.25, 0.3) is 10.9 Å². The van der Waals surface area contributed by atoms with Gasteiger partial charge in [0.05, 0.1) is 0 Å². The second kappa shape index (κ2) is 6.77. The summed E-state index contributed by atoms with van der Waals surface area (Å²) in [6.07, 6.45) is 2.57. The van der Waals surface area contributed by atoms with E-state index in [0.29, 0.717) is 18.0 Å². The molecule has 0 atom stereocenters. The van der Waals surface area contributed by atoms with Crippen LogP contribution in [0.15, 0.2) is 24.4 Å². The molecule has 0 saturated heterocycles. The van der Waals surface area contributed by atoms with Crippen LogP contribution in [0.5, 0.6) is 0 Å². The summed E-state index contributed by atoms with van der Waals surface area (Å²) in [6.45, 7) is 4.49. The Kier molecular flexibility index (Phi) is 5.04. The van der Waals surface area contributed by atoms with Gasteiger partial charge in [0, 0.05) is 48.7 Å². The zero-order valence-corrected chi connectivity index (χ0v) is 12.6. The Morgan fingerprint density at radius 1 is 1.40 bits per heavy atom. The van der Waals surface area contributed by atoms with Crippen LogP contribution in [0.1, 0.15) is 18.9 Å². The first-order chi connectivity index (χ1) is 9.65. The highest BCUT2D eigenvalue weighted by Crippen LogP contribution is 2.25. The number of benzene rings is 1. The molecule has 0 radical (unpaired) electrons. The highest BCUT2D eigenvalue weighted by atomic mass is 35.5. The van der Waals surface area contributed by atoms with Crippen molar-refractivity contribution in [3.8, 4) is 0 Å². The fraction of sp³-hybridized carbons (Fsp3) is 0.400. The van der Waals surface area contributed by atoms with Gasteiger partial charge in [-0.2, -0.15) is 0 Å². The molecule has 5 heteroatoms. The van der Waals surface area contributed by atoms with E-state index < -0.39 is 0 Å². The van der Waals surface area contributed by atoms with Crippen LogP contribution in [0.4, 0.5) is 0 Å². The highest BCUT2D eigenvalue weighted by Gasteiger charge is 2.09. The summed E-state index contributed by atoms with van der Waals surface area (Å²) in [5, 5.41) is 7.88. The summed E-state index contributed by atoms with van der Waals surface area (Å²) in [4.78, 5) is 11.4. The number of halogens is 1. The summed E-state index contributed by atoms with van der Waals surface area (Å²) >= 11 is 6.09. The third-order valence-electron chi connectivity index (χ3n) is 3.35. The van der Waals surface area contributed by atoms with Crippen molar-refractivity contribution in [3.05, 3.63) is 35.0 Å². The molecule has 0 aliphatic rings. The van der Waals surface area contributed by atoms with E-state index in [4.69, 9.17) is 11.6 Å². The zero-order valence-electron chi connectivity index (χ0n) is 11.9. The van der Waals surface area contributed by atoms with E-state index in [1.807, 2.05) is 18.2 Å². The molecule has 1 amide bonds. The van der Waals surface area contributed by atoms with Crippen molar-refractivity contribution in [2.24, 2.45) is 0 Å². The lowest BCUT2D eigenvalue weighted by Gasteiger charge is -2.04.